The summed E-state index contributed by atoms with van der Waals surface area (Å²) in [6.07, 6.45) is 5.49. The maximum absolute atomic E-state index is 9.79. The molecular weight excluding hydrogens is 334 g/mol. The van der Waals surface area contributed by atoms with Crippen LogP contribution >= 0.6 is 23.8 Å². The number of ether oxygens (including phenoxy) is 1. The molecule has 0 N–H and O–H groups in total. The van der Waals surface area contributed by atoms with Gasteiger partial charge >= 0.3 is 103 Å². The van der Waals surface area contributed by atoms with Gasteiger partial charge in [-0.2, -0.15) is 0 Å². The Kier molecular flexibility index (Phi) is 38.8. The maximum atomic E-state index is 9.79. The summed E-state index contributed by atoms with van der Waals surface area (Å²) >= 11 is 9.25. The Labute approximate surface area is 211 Å². The summed E-state index contributed by atoms with van der Waals surface area (Å²) in [4.78, 5) is 9.79. The van der Waals surface area contributed by atoms with Gasteiger partial charge in [-0.15, -0.1) is 0 Å². The zero-order valence-corrected chi connectivity index (χ0v) is 19.3. The van der Waals surface area contributed by atoms with Crippen LogP contribution in [0.3, 0.4) is 0 Å². The van der Waals surface area contributed by atoms with Crippen molar-refractivity contribution >= 4 is 36.0 Å². The predicted molar refractivity (Wildman–Crippen MR) is 74.9 cm³/mol. The van der Waals surface area contributed by atoms with Crippen LogP contribution in [0.1, 0.15) is 5.56 Å². The summed E-state index contributed by atoms with van der Waals surface area (Å²) in [7, 11) is 1.62. The van der Waals surface area contributed by atoms with E-state index < -0.39 is 0 Å². The maximum Gasteiger partial charge on any atom is 1.00 e. The summed E-state index contributed by atoms with van der Waals surface area (Å²) in [5.74, 6) is 4.08. The fourth-order valence-electron chi connectivity index (χ4n) is 0.691. The van der Waals surface area contributed by atoms with E-state index in [2.05, 4.69) is 35.8 Å². The number of thiocarbonyl (C=S) groups is 1. The van der Waals surface area contributed by atoms with Crippen molar-refractivity contribution in [1.29, 1.82) is 0 Å². The van der Waals surface area contributed by atoms with E-state index in [1.54, 1.807) is 37.7 Å². The second-order valence-electron chi connectivity index (χ2n) is 2.41. The molecule has 1 rings (SSSR count). The third-order valence-corrected chi connectivity index (χ3v) is 1.56. The molecule has 0 fully saturated rings. The standard InChI is InChI=1S/C9H5ClO.C3H7O.CHS.2K/c10-9-5-1-3-8(7-9)4-2-6-11;1-3-4-2;1-2;;/h1-3,5,7H;1,3H2,2H3;1H;;/q-2;2*-1;2*+1. The normalized spacial score (nSPS) is 7.74. The zero-order valence-electron chi connectivity index (χ0n) is 11.5. The first-order chi connectivity index (χ1) is 8.24. The van der Waals surface area contributed by atoms with E-state index in [9.17, 15) is 4.79 Å². The van der Waals surface area contributed by atoms with E-state index in [0.29, 0.717) is 11.6 Å². The number of allylic oxidation sites excluding steroid dienone is 1. The molecule has 0 aliphatic carbocycles. The molecule has 0 aliphatic heterocycles. The summed E-state index contributed by atoms with van der Waals surface area (Å²) in [5, 5.41) is 0.634. The molecule has 0 saturated carbocycles. The van der Waals surface area contributed by atoms with Crippen LogP contribution in [0.5, 0.6) is 0 Å². The van der Waals surface area contributed by atoms with Crippen molar-refractivity contribution < 1.29 is 112 Å². The van der Waals surface area contributed by atoms with Gasteiger partial charge in [0.1, 0.15) is 0 Å². The smallest absolute Gasteiger partial charge is 0.540 e. The molecule has 0 saturated heterocycles. The topological polar surface area (TPSA) is 26.3 Å². The first-order valence-electron chi connectivity index (χ1n) is 4.47. The summed E-state index contributed by atoms with van der Waals surface area (Å²) in [6, 6.07) is 7.08. The van der Waals surface area contributed by atoms with Crippen LogP contribution < -0.4 is 103 Å². The fraction of sp³-hybridized carbons (Fsp3) is 0.154. The molecule has 0 radical (unpaired) electrons. The van der Waals surface area contributed by atoms with Crippen LogP contribution in [0.25, 0.3) is 0 Å². The van der Waals surface area contributed by atoms with Crippen molar-refractivity contribution in [2.24, 2.45) is 0 Å². The number of halogens is 1. The van der Waals surface area contributed by atoms with Crippen LogP contribution in [0.2, 0.25) is 5.02 Å². The number of carbonyl (C=O) groups excluding carboxylic acids is 1. The molecular formula is C13H13ClK2O2S-2. The van der Waals surface area contributed by atoms with E-state index in [-0.39, 0.29) is 103 Å². The zero-order chi connectivity index (χ0) is 13.5. The van der Waals surface area contributed by atoms with Crippen LogP contribution in [-0.4, -0.2) is 25.9 Å². The van der Waals surface area contributed by atoms with Crippen molar-refractivity contribution in [1.82, 2.24) is 0 Å². The first kappa shape index (κ1) is 29.3. The van der Waals surface area contributed by atoms with E-state index in [1.165, 1.54) is 6.08 Å². The van der Waals surface area contributed by atoms with Crippen molar-refractivity contribution in [3.63, 3.8) is 0 Å². The van der Waals surface area contributed by atoms with Gasteiger partial charge in [-0.25, -0.2) is 5.56 Å². The molecule has 19 heavy (non-hydrogen) atoms. The second-order valence-corrected chi connectivity index (χ2v) is 2.85. The van der Waals surface area contributed by atoms with Gasteiger partial charge in [0.05, 0.1) is 0 Å². The molecule has 0 amide bonds. The Balaban J connectivity index is -0.000000123. The second kappa shape index (κ2) is 25.2. The minimum absolute atomic E-state index is 0. The van der Waals surface area contributed by atoms with Gasteiger partial charge in [-0.3, -0.25) is 6.29 Å². The van der Waals surface area contributed by atoms with Crippen LogP contribution in [0, 0.1) is 13.0 Å². The SMILES string of the molecule is O=[C-]C=[C-]c1cccc(Cl)c1.[CH-]=S.[CH2-]COC.[K+].[K+]. The van der Waals surface area contributed by atoms with Gasteiger partial charge in [0.25, 0.3) is 0 Å². The van der Waals surface area contributed by atoms with E-state index >= 15 is 0 Å². The van der Waals surface area contributed by atoms with Crippen molar-refractivity contribution in [3.05, 3.63) is 53.9 Å². The van der Waals surface area contributed by atoms with Gasteiger partial charge in [0.2, 0.25) is 0 Å². The molecule has 0 aliphatic rings. The van der Waals surface area contributed by atoms with Crippen LogP contribution in [-0.2, 0) is 9.53 Å². The number of methoxy groups -OCH3 is 1. The summed E-state index contributed by atoms with van der Waals surface area (Å²) in [5.41, 5.74) is 0.779. The number of hydrogen-bond acceptors (Lipinski definition) is 3. The van der Waals surface area contributed by atoms with Crippen LogP contribution in [0.4, 0.5) is 0 Å². The molecule has 6 heteroatoms. The fourth-order valence-corrected chi connectivity index (χ4v) is 0.881. The average molecular weight is 347 g/mol. The molecule has 1 aromatic carbocycles. The van der Waals surface area contributed by atoms with Crippen LogP contribution in [0.15, 0.2) is 30.3 Å². The number of rotatable bonds is 3. The summed E-state index contributed by atoms with van der Waals surface area (Å²) in [6.45, 7) is 3.95. The molecule has 0 aromatic heterocycles. The third-order valence-electron chi connectivity index (χ3n) is 1.33. The summed E-state index contributed by atoms with van der Waals surface area (Å²) < 4.78 is 4.43. The molecule has 2 nitrogen and oxygen atoms in total. The molecule has 94 valence electrons. The Morgan fingerprint density at radius 3 is 2.37 bits per heavy atom. The molecule has 1 aromatic rings. The molecule has 0 heterocycles. The van der Waals surface area contributed by atoms with E-state index in [1.807, 2.05) is 0 Å². The Hall–Kier alpha value is 2.24. The quantitative estimate of drug-likeness (QED) is 0.255. The van der Waals surface area contributed by atoms with Gasteiger partial charge in [-0.1, -0.05) is 36.4 Å². The van der Waals surface area contributed by atoms with Crippen molar-refractivity contribution in [3.8, 4) is 0 Å². The molecule has 0 atom stereocenters. The van der Waals surface area contributed by atoms with Gasteiger partial charge in [0, 0.05) is 12.1 Å². The van der Waals surface area contributed by atoms with Gasteiger partial charge < -0.3 is 46.7 Å². The monoisotopic (exact) mass is 346 g/mol. The molecule has 0 bridgehead atoms. The van der Waals surface area contributed by atoms with Crippen molar-refractivity contribution in [2.45, 2.75) is 0 Å². The Morgan fingerprint density at radius 2 is 2.00 bits per heavy atom. The van der Waals surface area contributed by atoms with Crippen molar-refractivity contribution in [2.75, 3.05) is 13.7 Å². The number of hydrogen-bond donors (Lipinski definition) is 0. The number of benzene rings is 1. The Morgan fingerprint density at radius 1 is 1.47 bits per heavy atom. The minimum Gasteiger partial charge on any atom is -0.540 e. The molecule has 0 spiro atoms. The molecule has 0 unspecified atom stereocenters. The van der Waals surface area contributed by atoms with Gasteiger partial charge in [0.15, 0.2) is 0 Å². The average Bonchev–Trinajstić information content (AvgIpc) is 2.39. The largest absolute Gasteiger partial charge is 1.00 e. The third kappa shape index (κ3) is 22.7. The predicted octanol–water partition coefficient (Wildman–Crippen LogP) is -2.88. The first-order valence-corrected chi connectivity index (χ1v) is 5.32. The Bertz CT molecular complexity index is 334. The van der Waals surface area contributed by atoms with Gasteiger partial charge in [-0.05, 0) is 6.07 Å². The van der Waals surface area contributed by atoms with E-state index in [4.69, 9.17) is 11.6 Å². The van der Waals surface area contributed by atoms with E-state index in [0.717, 1.165) is 5.56 Å². The minimum atomic E-state index is 0.